The first kappa shape index (κ1) is 13.7. The van der Waals surface area contributed by atoms with Crippen molar-refractivity contribution < 1.29 is 0 Å². The molecule has 0 saturated carbocycles. The van der Waals surface area contributed by atoms with Gasteiger partial charge in [0.15, 0.2) is 0 Å². The second kappa shape index (κ2) is 7.08. The van der Waals surface area contributed by atoms with Crippen LogP contribution in [0.5, 0.6) is 0 Å². The molecule has 1 aromatic carbocycles. The number of hydrogen-bond donors (Lipinski definition) is 1. The Balaban J connectivity index is 2.49. The normalized spacial score (nSPS) is 13.1. The Morgan fingerprint density at radius 3 is 2.62 bits per heavy atom. The van der Waals surface area contributed by atoms with Gasteiger partial charge in [-0.3, -0.25) is 0 Å². The second-order valence-electron chi connectivity index (χ2n) is 4.67. The highest BCUT2D eigenvalue weighted by molar-refractivity contribution is 9.10. The Bertz CT molecular complexity index is 309. The van der Waals surface area contributed by atoms with Crippen LogP contribution in [0.3, 0.4) is 0 Å². The second-order valence-corrected chi connectivity index (χ2v) is 5.59. The lowest BCUT2D eigenvalue weighted by atomic mass is 9.97. The van der Waals surface area contributed by atoms with E-state index in [1.165, 1.54) is 16.5 Å². The summed E-state index contributed by atoms with van der Waals surface area (Å²) < 4.78 is 1.18. The fourth-order valence-corrected chi connectivity index (χ4v) is 2.21. The molecule has 1 N–H and O–H groups in total. The molecule has 0 amide bonds. The molecule has 0 aliphatic carbocycles. The number of benzene rings is 1. The van der Waals surface area contributed by atoms with Gasteiger partial charge < -0.3 is 5.32 Å². The van der Waals surface area contributed by atoms with Crippen molar-refractivity contribution in [2.75, 3.05) is 6.54 Å². The van der Waals surface area contributed by atoms with Crippen LogP contribution in [0.2, 0.25) is 0 Å². The first-order valence-electron chi connectivity index (χ1n) is 6.09. The van der Waals surface area contributed by atoms with E-state index in [1.54, 1.807) is 0 Å². The molecular formula is C14H22BrN. The van der Waals surface area contributed by atoms with Crippen molar-refractivity contribution in [3.05, 3.63) is 34.3 Å². The van der Waals surface area contributed by atoms with Crippen LogP contribution in [0.1, 0.15) is 32.8 Å². The van der Waals surface area contributed by atoms with Gasteiger partial charge in [-0.2, -0.15) is 0 Å². The average Bonchev–Trinajstić information content (AvgIpc) is 2.24. The van der Waals surface area contributed by atoms with E-state index in [1.807, 2.05) is 0 Å². The van der Waals surface area contributed by atoms with E-state index in [9.17, 15) is 0 Å². The van der Waals surface area contributed by atoms with Crippen molar-refractivity contribution >= 4 is 15.9 Å². The molecule has 1 nitrogen and oxygen atoms in total. The van der Waals surface area contributed by atoms with Gasteiger partial charge in [0, 0.05) is 10.5 Å². The Morgan fingerprint density at radius 2 is 2.06 bits per heavy atom. The Hall–Kier alpha value is -0.340. The van der Waals surface area contributed by atoms with Gasteiger partial charge >= 0.3 is 0 Å². The third-order valence-electron chi connectivity index (χ3n) is 2.81. The molecule has 0 saturated heterocycles. The summed E-state index contributed by atoms with van der Waals surface area (Å²) >= 11 is 3.52. The minimum Gasteiger partial charge on any atom is -0.314 e. The molecule has 0 radical (unpaired) electrons. The van der Waals surface area contributed by atoms with Crippen LogP contribution in [0, 0.1) is 5.92 Å². The number of nitrogens with one attached hydrogen (secondary N) is 1. The summed E-state index contributed by atoms with van der Waals surface area (Å²) in [6, 6.07) is 9.20. The molecule has 1 unspecified atom stereocenters. The maximum atomic E-state index is 3.52. The van der Waals surface area contributed by atoms with Crippen LogP contribution in [0.4, 0.5) is 0 Å². The van der Waals surface area contributed by atoms with Gasteiger partial charge in [-0.05, 0) is 36.6 Å². The van der Waals surface area contributed by atoms with E-state index >= 15 is 0 Å². The van der Waals surface area contributed by atoms with Crippen LogP contribution >= 0.6 is 15.9 Å². The van der Waals surface area contributed by atoms with Crippen LogP contribution in [0.25, 0.3) is 0 Å². The van der Waals surface area contributed by atoms with Gasteiger partial charge in [0.05, 0.1) is 0 Å². The lowest BCUT2D eigenvalue weighted by Crippen LogP contribution is -2.29. The first-order valence-corrected chi connectivity index (χ1v) is 6.89. The molecule has 90 valence electrons. The fraction of sp³-hybridized carbons (Fsp3) is 0.571. The van der Waals surface area contributed by atoms with Crippen molar-refractivity contribution in [1.82, 2.24) is 5.32 Å². The lowest BCUT2D eigenvalue weighted by Gasteiger charge is -2.17. The summed E-state index contributed by atoms with van der Waals surface area (Å²) in [7, 11) is 0. The summed E-state index contributed by atoms with van der Waals surface area (Å²) in [5.41, 5.74) is 1.42. The minimum atomic E-state index is 0.580. The van der Waals surface area contributed by atoms with E-state index < -0.39 is 0 Å². The number of hydrogen-bond acceptors (Lipinski definition) is 1. The molecule has 0 spiro atoms. The highest BCUT2D eigenvalue weighted by atomic mass is 79.9. The highest BCUT2D eigenvalue weighted by Crippen LogP contribution is 2.16. The van der Waals surface area contributed by atoms with Crippen LogP contribution in [-0.2, 0) is 6.42 Å². The minimum absolute atomic E-state index is 0.580. The molecule has 1 atom stereocenters. The van der Waals surface area contributed by atoms with Gasteiger partial charge in [0.25, 0.3) is 0 Å². The Labute approximate surface area is 108 Å². The summed E-state index contributed by atoms with van der Waals surface area (Å²) in [6.07, 6.45) is 2.39. The molecule has 0 bridgehead atoms. The molecule has 0 aliphatic rings. The SMILES string of the molecule is CCC(CNC(C)C)Cc1cccc(Br)c1. The smallest absolute Gasteiger partial charge is 0.0177 e. The standard InChI is InChI=1S/C14H22BrN/c1-4-12(10-16-11(2)3)8-13-6-5-7-14(15)9-13/h5-7,9,11-12,16H,4,8,10H2,1-3H3. The third kappa shape index (κ3) is 5.13. The van der Waals surface area contributed by atoms with Gasteiger partial charge in [-0.25, -0.2) is 0 Å². The molecule has 16 heavy (non-hydrogen) atoms. The molecule has 1 rings (SSSR count). The summed E-state index contributed by atoms with van der Waals surface area (Å²) in [5.74, 6) is 0.733. The van der Waals surface area contributed by atoms with Gasteiger partial charge in [0.2, 0.25) is 0 Å². The molecule has 1 aromatic rings. The predicted octanol–water partition coefficient (Wildman–Crippen LogP) is 4.02. The average molecular weight is 284 g/mol. The zero-order chi connectivity index (χ0) is 12.0. The van der Waals surface area contributed by atoms with Crippen molar-refractivity contribution in [3.8, 4) is 0 Å². The van der Waals surface area contributed by atoms with E-state index in [0.29, 0.717) is 6.04 Å². The number of halogens is 1. The third-order valence-corrected chi connectivity index (χ3v) is 3.30. The van der Waals surface area contributed by atoms with Gasteiger partial charge in [-0.15, -0.1) is 0 Å². The Kier molecular flexibility index (Phi) is 6.07. The van der Waals surface area contributed by atoms with E-state index in [2.05, 4.69) is 66.3 Å². The quantitative estimate of drug-likeness (QED) is 0.832. The largest absolute Gasteiger partial charge is 0.314 e. The van der Waals surface area contributed by atoms with E-state index in [4.69, 9.17) is 0 Å². The monoisotopic (exact) mass is 283 g/mol. The van der Waals surface area contributed by atoms with Crippen molar-refractivity contribution in [2.45, 2.75) is 39.7 Å². The van der Waals surface area contributed by atoms with Crippen LogP contribution in [0.15, 0.2) is 28.7 Å². The summed E-state index contributed by atoms with van der Waals surface area (Å²) in [5, 5.41) is 3.52. The molecule has 0 aromatic heterocycles. The lowest BCUT2D eigenvalue weighted by molar-refractivity contribution is 0.436. The van der Waals surface area contributed by atoms with Crippen LogP contribution in [-0.4, -0.2) is 12.6 Å². The molecule has 2 heteroatoms. The molecule has 0 fully saturated rings. The molecule has 0 heterocycles. The van der Waals surface area contributed by atoms with Crippen molar-refractivity contribution in [1.29, 1.82) is 0 Å². The number of rotatable bonds is 6. The Morgan fingerprint density at radius 1 is 1.31 bits per heavy atom. The van der Waals surface area contributed by atoms with E-state index in [-0.39, 0.29) is 0 Å². The topological polar surface area (TPSA) is 12.0 Å². The molecular weight excluding hydrogens is 262 g/mol. The zero-order valence-electron chi connectivity index (χ0n) is 10.5. The predicted molar refractivity (Wildman–Crippen MR) is 74.8 cm³/mol. The van der Waals surface area contributed by atoms with Gasteiger partial charge in [0.1, 0.15) is 0 Å². The highest BCUT2D eigenvalue weighted by Gasteiger charge is 2.08. The van der Waals surface area contributed by atoms with Crippen molar-refractivity contribution in [2.24, 2.45) is 5.92 Å². The van der Waals surface area contributed by atoms with E-state index in [0.717, 1.165) is 18.9 Å². The fourth-order valence-electron chi connectivity index (χ4n) is 1.76. The first-order chi connectivity index (χ1) is 7.61. The molecule has 0 aliphatic heterocycles. The maximum Gasteiger partial charge on any atom is 0.0177 e. The van der Waals surface area contributed by atoms with Gasteiger partial charge in [-0.1, -0.05) is 55.3 Å². The summed E-state index contributed by atoms with van der Waals surface area (Å²) in [6.45, 7) is 7.78. The zero-order valence-corrected chi connectivity index (χ0v) is 12.0. The maximum absolute atomic E-state index is 3.52. The van der Waals surface area contributed by atoms with Crippen LogP contribution < -0.4 is 5.32 Å². The van der Waals surface area contributed by atoms with Crippen molar-refractivity contribution in [3.63, 3.8) is 0 Å². The summed E-state index contributed by atoms with van der Waals surface area (Å²) in [4.78, 5) is 0.